The number of fused-ring (bicyclic) bond motifs is 7. The first kappa shape index (κ1) is 39.7. The number of carboxylic acid groups (broad SMARTS) is 1. The number of carbonyl (C=O) groups excluding carboxylic acids is 1. The van der Waals surface area contributed by atoms with E-state index in [0.29, 0.717) is 49.2 Å². The van der Waals surface area contributed by atoms with Crippen LogP contribution in [0.4, 0.5) is 4.39 Å². The Hall–Kier alpha value is -1.52. The van der Waals surface area contributed by atoms with Gasteiger partial charge < -0.3 is 15.2 Å². The normalized spacial score (nSPS) is 47.2. The van der Waals surface area contributed by atoms with Crippen molar-refractivity contribution in [2.75, 3.05) is 37.8 Å². The fraction of sp³-hybridized carbons (Fsp3) is 0.907. The van der Waals surface area contributed by atoms with Crippen molar-refractivity contribution in [1.82, 2.24) is 10.2 Å². The molecule has 8 nitrogen and oxygen atoms in total. The van der Waals surface area contributed by atoms with Crippen molar-refractivity contribution in [1.29, 1.82) is 0 Å². The van der Waals surface area contributed by atoms with Gasteiger partial charge in [0, 0.05) is 30.6 Å². The summed E-state index contributed by atoms with van der Waals surface area (Å²) < 4.78 is 45.2. The van der Waals surface area contributed by atoms with Crippen LogP contribution in [0.2, 0.25) is 0 Å². The van der Waals surface area contributed by atoms with E-state index in [9.17, 15) is 27.5 Å². The predicted octanol–water partition coefficient (Wildman–Crippen LogP) is 7.32. The number of halogens is 1. The van der Waals surface area contributed by atoms with Gasteiger partial charge in [-0.05, 0) is 122 Å². The van der Waals surface area contributed by atoms with Crippen LogP contribution in [0.15, 0.2) is 12.2 Å². The van der Waals surface area contributed by atoms with Gasteiger partial charge in [0.05, 0.1) is 29.4 Å². The quantitative estimate of drug-likeness (QED) is 0.186. The van der Waals surface area contributed by atoms with E-state index in [1.807, 2.05) is 13.8 Å². The lowest BCUT2D eigenvalue weighted by Crippen LogP contribution is -2.69. The minimum absolute atomic E-state index is 0.0624. The van der Waals surface area contributed by atoms with E-state index in [1.54, 1.807) is 0 Å². The molecule has 2 N–H and O–H groups in total. The summed E-state index contributed by atoms with van der Waals surface area (Å²) in [7, 11) is -3.03. The van der Waals surface area contributed by atoms with Crippen LogP contribution in [-0.4, -0.2) is 85.9 Å². The van der Waals surface area contributed by atoms with Gasteiger partial charge in [-0.2, -0.15) is 0 Å². The second-order valence-electron chi connectivity index (χ2n) is 21.1. The minimum Gasteiger partial charge on any atom is -0.481 e. The Balaban J connectivity index is 1.11. The number of hydrogen-bond acceptors (Lipinski definition) is 7. The van der Waals surface area contributed by atoms with E-state index in [0.717, 1.165) is 51.4 Å². The SMILES string of the molecule is C=C(C)[C@@H]1CC[C@]2(NC[C@@H](CF)N3CCS(=O)(=O)CC3)CC[C@]3(C)[C@H](CC[C@@H]4[C@@]5(C)CC[C@H](OC(=O)[C@H]6[C@@H](C(=O)O)C6(C)C)C(C)(C)[C@@H]5CC[C@]43C)[C@@H]12. The molecule has 0 aromatic heterocycles. The highest BCUT2D eigenvalue weighted by molar-refractivity contribution is 7.91. The van der Waals surface area contributed by atoms with E-state index >= 15 is 0 Å². The van der Waals surface area contributed by atoms with Crippen molar-refractivity contribution in [2.45, 2.75) is 137 Å². The minimum atomic E-state index is -3.03. The van der Waals surface area contributed by atoms with Gasteiger partial charge in [-0.3, -0.25) is 14.5 Å². The van der Waals surface area contributed by atoms with Crippen LogP contribution < -0.4 is 5.32 Å². The van der Waals surface area contributed by atoms with Gasteiger partial charge in [0.25, 0.3) is 0 Å². The van der Waals surface area contributed by atoms with Crippen LogP contribution in [0, 0.1) is 68.5 Å². The Bertz CT molecular complexity index is 1600. The van der Waals surface area contributed by atoms with E-state index in [2.05, 4.69) is 58.3 Å². The number of sulfone groups is 1. The number of hydrogen-bond donors (Lipinski definition) is 2. The third-order valence-electron chi connectivity index (χ3n) is 18.4. The highest BCUT2D eigenvalue weighted by atomic mass is 32.2. The maximum Gasteiger partial charge on any atom is 0.310 e. The third-order valence-corrected chi connectivity index (χ3v) is 20.0. The Morgan fingerprint density at radius 1 is 0.868 bits per heavy atom. The van der Waals surface area contributed by atoms with E-state index in [4.69, 9.17) is 4.74 Å². The number of rotatable bonds is 9. The molecule has 0 bridgehead atoms. The van der Waals surface area contributed by atoms with Crippen LogP contribution in [0.5, 0.6) is 0 Å². The fourth-order valence-electron chi connectivity index (χ4n) is 15.1. The molecule has 0 spiro atoms. The lowest BCUT2D eigenvalue weighted by atomic mass is 9.32. The standard InChI is InChI=1S/C43H69FN2O6S/c1-26(2)28-12-17-43(45-25-27(24-44)46-20-22-53(50,51)23-21-46)19-18-41(8)29(33(28)43)10-11-31-40(7)15-14-32(38(3,4)30(40)13-16-42(31,41)9)52-37(49)35-34(36(47)48)39(35,5)6/h27-35,45H,1,10-25H2,2-9H3,(H,47,48)/t27-,28+,29-,30+,31-,32+,33-,34+,35-,40+,41-,42-,43+/m1/s1. The Morgan fingerprint density at radius 2 is 1.55 bits per heavy atom. The molecule has 1 saturated heterocycles. The van der Waals surface area contributed by atoms with Crippen molar-refractivity contribution in [3.63, 3.8) is 0 Å². The lowest BCUT2D eigenvalue weighted by molar-refractivity contribution is -0.246. The molecule has 0 aromatic carbocycles. The zero-order chi connectivity index (χ0) is 38.7. The molecule has 7 fully saturated rings. The smallest absolute Gasteiger partial charge is 0.310 e. The van der Waals surface area contributed by atoms with Crippen molar-refractivity contribution in [3.8, 4) is 0 Å². The molecule has 13 atom stereocenters. The summed E-state index contributed by atoms with van der Waals surface area (Å²) in [6, 6.07) is -0.312. The average Bonchev–Trinajstić information content (AvgIpc) is 3.46. The average molecular weight is 761 g/mol. The van der Waals surface area contributed by atoms with Crippen LogP contribution >= 0.6 is 0 Å². The number of esters is 1. The van der Waals surface area contributed by atoms with Crippen LogP contribution in [0.1, 0.15) is 120 Å². The van der Waals surface area contributed by atoms with Crippen molar-refractivity contribution in [2.24, 2.45) is 68.5 Å². The molecule has 0 aromatic rings. The molecule has 7 rings (SSSR count). The van der Waals surface area contributed by atoms with Gasteiger partial charge >= 0.3 is 11.9 Å². The largest absolute Gasteiger partial charge is 0.481 e. The molecular formula is C43H69FN2O6S. The van der Waals surface area contributed by atoms with Gasteiger partial charge in [-0.15, -0.1) is 0 Å². The molecule has 1 heterocycles. The molecule has 1 aliphatic heterocycles. The molecule has 10 heteroatoms. The number of aliphatic carboxylic acids is 1. The van der Waals surface area contributed by atoms with Crippen molar-refractivity contribution >= 4 is 21.8 Å². The van der Waals surface area contributed by atoms with Gasteiger partial charge in [0.2, 0.25) is 0 Å². The number of carbonyl (C=O) groups is 2. The van der Waals surface area contributed by atoms with Gasteiger partial charge in [-0.1, -0.05) is 60.6 Å². The molecule has 7 aliphatic rings. The molecule has 0 amide bonds. The van der Waals surface area contributed by atoms with Gasteiger partial charge in [0.15, 0.2) is 9.84 Å². The summed E-state index contributed by atoms with van der Waals surface area (Å²) in [5.74, 6) is 0.113. The Kier molecular flexibility index (Phi) is 9.74. The highest BCUT2D eigenvalue weighted by Gasteiger charge is 2.72. The molecule has 0 unspecified atom stereocenters. The molecule has 300 valence electrons. The maximum absolute atomic E-state index is 14.6. The summed E-state index contributed by atoms with van der Waals surface area (Å²) >= 11 is 0. The summed E-state index contributed by atoms with van der Waals surface area (Å²) in [6.45, 7) is 23.8. The van der Waals surface area contributed by atoms with Crippen LogP contribution in [0.25, 0.3) is 0 Å². The number of nitrogens with zero attached hydrogens (tertiary/aromatic N) is 1. The third kappa shape index (κ3) is 5.93. The first-order valence-electron chi connectivity index (χ1n) is 20.9. The van der Waals surface area contributed by atoms with Gasteiger partial charge in [-0.25, -0.2) is 12.8 Å². The van der Waals surface area contributed by atoms with Crippen LogP contribution in [0.3, 0.4) is 0 Å². The summed E-state index contributed by atoms with van der Waals surface area (Å²) in [4.78, 5) is 27.4. The molecule has 6 saturated carbocycles. The number of allylic oxidation sites excluding steroid dienone is 1. The first-order valence-corrected chi connectivity index (χ1v) is 22.8. The number of ether oxygens (including phenoxy) is 1. The second-order valence-corrected chi connectivity index (χ2v) is 23.4. The maximum atomic E-state index is 14.6. The predicted molar refractivity (Wildman–Crippen MR) is 206 cm³/mol. The molecular weight excluding hydrogens is 692 g/mol. The monoisotopic (exact) mass is 760 g/mol. The molecule has 0 radical (unpaired) electrons. The zero-order valence-corrected chi connectivity index (χ0v) is 34.8. The number of nitrogens with one attached hydrogen (secondary N) is 1. The van der Waals surface area contributed by atoms with Crippen LogP contribution in [-0.2, 0) is 24.2 Å². The Morgan fingerprint density at radius 3 is 2.15 bits per heavy atom. The van der Waals surface area contributed by atoms with Crippen molar-refractivity contribution in [3.05, 3.63) is 12.2 Å². The number of carboxylic acids is 1. The fourth-order valence-corrected chi connectivity index (χ4v) is 16.3. The molecule has 6 aliphatic carbocycles. The Labute approximate surface area is 319 Å². The summed E-state index contributed by atoms with van der Waals surface area (Å²) in [6.07, 6.45) is 10.6. The van der Waals surface area contributed by atoms with E-state index in [-0.39, 0.29) is 56.8 Å². The van der Waals surface area contributed by atoms with E-state index < -0.39 is 39.7 Å². The summed E-state index contributed by atoms with van der Waals surface area (Å²) in [5.41, 5.74) is 0.842. The van der Waals surface area contributed by atoms with Gasteiger partial charge in [0.1, 0.15) is 12.8 Å². The highest BCUT2D eigenvalue weighted by Crippen LogP contribution is 2.76. The number of alkyl halides is 1. The summed E-state index contributed by atoms with van der Waals surface area (Å²) in [5, 5.41) is 13.8. The first-order chi connectivity index (χ1) is 24.6. The van der Waals surface area contributed by atoms with Crippen molar-refractivity contribution < 1.29 is 32.2 Å². The lowest BCUT2D eigenvalue weighted by Gasteiger charge is -2.73. The second kappa shape index (κ2) is 13.0. The van der Waals surface area contributed by atoms with E-state index in [1.165, 1.54) is 18.4 Å². The molecule has 53 heavy (non-hydrogen) atoms. The topological polar surface area (TPSA) is 113 Å². The zero-order valence-electron chi connectivity index (χ0n) is 33.9.